The highest BCUT2D eigenvalue weighted by Gasteiger charge is 2.34. The molecule has 2 aromatic rings. The Morgan fingerprint density at radius 1 is 1.06 bits per heavy atom. The van der Waals surface area contributed by atoms with Crippen molar-refractivity contribution in [3.05, 3.63) is 65.2 Å². The summed E-state index contributed by atoms with van der Waals surface area (Å²) in [6, 6.07) is 10.0. The number of sulfonamides is 1. The van der Waals surface area contributed by atoms with Crippen molar-refractivity contribution in [1.29, 1.82) is 0 Å². The highest BCUT2D eigenvalue weighted by atomic mass is 32.2. The number of halogens is 3. The Hall–Kier alpha value is -2.43. The van der Waals surface area contributed by atoms with E-state index < -0.39 is 40.3 Å². The summed E-state index contributed by atoms with van der Waals surface area (Å²) >= 11 is 0. The van der Waals surface area contributed by atoms with Gasteiger partial charge in [0.15, 0.2) is 0 Å². The molecule has 1 aliphatic rings. The molecule has 31 heavy (non-hydrogen) atoms. The van der Waals surface area contributed by atoms with Crippen molar-refractivity contribution in [3.63, 3.8) is 0 Å². The average molecular weight is 456 g/mol. The van der Waals surface area contributed by atoms with E-state index in [9.17, 15) is 31.5 Å². The Labute approximate surface area is 178 Å². The SMILES string of the molecule is O=C(NCC(O)c1ccccc1C(F)(F)F)c1cccc(S(=O)(=O)N2CCCCC2)c1. The summed E-state index contributed by atoms with van der Waals surface area (Å²) in [5.41, 5.74) is -1.29. The molecule has 1 amide bonds. The van der Waals surface area contributed by atoms with Crippen LogP contribution < -0.4 is 5.32 Å². The Morgan fingerprint density at radius 3 is 2.42 bits per heavy atom. The molecule has 0 aliphatic carbocycles. The smallest absolute Gasteiger partial charge is 0.387 e. The van der Waals surface area contributed by atoms with Gasteiger partial charge < -0.3 is 10.4 Å². The minimum Gasteiger partial charge on any atom is -0.387 e. The highest BCUT2D eigenvalue weighted by Crippen LogP contribution is 2.34. The number of piperidine rings is 1. The molecule has 1 saturated heterocycles. The number of nitrogens with one attached hydrogen (secondary N) is 1. The predicted molar refractivity (Wildman–Crippen MR) is 108 cm³/mol. The van der Waals surface area contributed by atoms with Gasteiger partial charge in [-0.3, -0.25) is 4.79 Å². The van der Waals surface area contributed by atoms with Crippen LogP contribution in [0, 0.1) is 0 Å². The van der Waals surface area contributed by atoms with Crippen molar-refractivity contribution < 1.29 is 31.5 Å². The van der Waals surface area contributed by atoms with Gasteiger partial charge in [-0.25, -0.2) is 8.42 Å². The monoisotopic (exact) mass is 456 g/mol. The molecule has 6 nitrogen and oxygen atoms in total. The van der Waals surface area contributed by atoms with Crippen molar-refractivity contribution in [2.24, 2.45) is 0 Å². The van der Waals surface area contributed by atoms with Crippen molar-refractivity contribution >= 4 is 15.9 Å². The molecule has 3 rings (SSSR count). The highest BCUT2D eigenvalue weighted by molar-refractivity contribution is 7.89. The van der Waals surface area contributed by atoms with Crippen molar-refractivity contribution in [1.82, 2.24) is 9.62 Å². The lowest BCUT2D eigenvalue weighted by Crippen LogP contribution is -2.35. The van der Waals surface area contributed by atoms with Crippen LogP contribution in [0.15, 0.2) is 53.4 Å². The molecule has 2 N–H and O–H groups in total. The normalized spacial score (nSPS) is 16.6. The third-order valence-corrected chi connectivity index (χ3v) is 7.02. The Balaban J connectivity index is 1.71. The molecular weight excluding hydrogens is 433 g/mol. The number of benzene rings is 2. The average Bonchev–Trinajstić information content (AvgIpc) is 2.77. The lowest BCUT2D eigenvalue weighted by molar-refractivity contribution is -0.139. The quantitative estimate of drug-likeness (QED) is 0.698. The molecule has 0 radical (unpaired) electrons. The first kappa shape index (κ1) is 23.2. The molecular formula is C21H23F3N2O4S. The Morgan fingerprint density at radius 2 is 1.74 bits per heavy atom. The van der Waals surface area contributed by atoms with Crippen molar-refractivity contribution in [2.45, 2.75) is 36.4 Å². The summed E-state index contributed by atoms with van der Waals surface area (Å²) in [6.45, 7) is 0.377. The minimum absolute atomic E-state index is 0.0231. The number of aliphatic hydroxyl groups is 1. The topological polar surface area (TPSA) is 86.7 Å². The fourth-order valence-electron chi connectivity index (χ4n) is 3.50. The van der Waals surface area contributed by atoms with Gasteiger partial charge in [0.25, 0.3) is 5.91 Å². The molecule has 1 aliphatic heterocycles. The predicted octanol–water partition coefficient (Wildman–Crippen LogP) is 3.34. The summed E-state index contributed by atoms with van der Waals surface area (Å²) in [5.74, 6) is -0.695. The lowest BCUT2D eigenvalue weighted by atomic mass is 10.0. The molecule has 0 bridgehead atoms. The minimum atomic E-state index is -4.64. The first-order valence-electron chi connectivity index (χ1n) is 9.83. The second kappa shape index (κ2) is 9.37. The molecule has 0 aromatic heterocycles. The molecule has 10 heteroatoms. The number of hydrogen-bond donors (Lipinski definition) is 2. The number of aliphatic hydroxyl groups excluding tert-OH is 1. The maximum Gasteiger partial charge on any atom is 0.416 e. The lowest BCUT2D eigenvalue weighted by Gasteiger charge is -2.26. The van der Waals surface area contributed by atoms with Crippen LogP contribution in [-0.4, -0.2) is 43.4 Å². The first-order valence-corrected chi connectivity index (χ1v) is 11.3. The maximum absolute atomic E-state index is 13.1. The van der Waals surface area contributed by atoms with Gasteiger partial charge in [0.05, 0.1) is 16.6 Å². The van der Waals surface area contributed by atoms with Gasteiger partial charge in [0.1, 0.15) is 0 Å². The van der Waals surface area contributed by atoms with Crippen LogP contribution in [0.3, 0.4) is 0 Å². The third kappa shape index (κ3) is 5.44. The maximum atomic E-state index is 13.1. The van der Waals surface area contributed by atoms with Gasteiger partial charge in [-0.2, -0.15) is 17.5 Å². The van der Waals surface area contributed by atoms with Gasteiger partial charge in [-0.15, -0.1) is 0 Å². The Bertz CT molecular complexity index is 1030. The van der Waals surface area contributed by atoms with E-state index in [1.807, 2.05) is 0 Å². The summed E-state index contributed by atoms with van der Waals surface area (Å²) in [4.78, 5) is 12.4. The number of carbonyl (C=O) groups excluding carboxylic acids is 1. The van der Waals surface area contributed by atoms with Crippen molar-refractivity contribution in [3.8, 4) is 0 Å². The standard InChI is InChI=1S/C21H23F3N2O4S/c22-21(23,24)18-10-3-2-9-17(18)19(27)14-25-20(28)15-7-6-8-16(13-15)31(29,30)26-11-4-1-5-12-26/h2-3,6-10,13,19,27H,1,4-5,11-12,14H2,(H,25,28). The summed E-state index contributed by atoms with van der Waals surface area (Å²) in [7, 11) is -3.74. The molecule has 168 valence electrons. The Kier molecular flexibility index (Phi) is 7.03. The zero-order chi connectivity index (χ0) is 22.6. The number of hydrogen-bond acceptors (Lipinski definition) is 4. The van der Waals surface area contributed by atoms with Crippen LogP contribution in [0.1, 0.15) is 46.9 Å². The zero-order valence-electron chi connectivity index (χ0n) is 16.6. The number of amides is 1. The third-order valence-electron chi connectivity index (χ3n) is 5.13. The van der Waals surface area contributed by atoms with E-state index in [1.54, 1.807) is 0 Å². The molecule has 1 fully saturated rings. The number of carbonyl (C=O) groups is 1. The molecule has 2 aromatic carbocycles. The van der Waals surface area contributed by atoms with Crippen LogP contribution in [0.5, 0.6) is 0 Å². The van der Waals surface area contributed by atoms with Crippen LogP contribution >= 0.6 is 0 Å². The van der Waals surface area contributed by atoms with E-state index in [-0.39, 0.29) is 16.0 Å². The summed E-state index contributed by atoms with van der Waals surface area (Å²) < 4.78 is 66.3. The number of rotatable bonds is 6. The number of alkyl halides is 3. The fourth-order valence-corrected chi connectivity index (χ4v) is 5.06. The molecule has 0 spiro atoms. The zero-order valence-corrected chi connectivity index (χ0v) is 17.4. The summed E-state index contributed by atoms with van der Waals surface area (Å²) in [5, 5.41) is 12.6. The van der Waals surface area contributed by atoms with E-state index in [1.165, 1.54) is 40.7 Å². The molecule has 1 unspecified atom stereocenters. The second-order valence-electron chi connectivity index (χ2n) is 7.30. The van der Waals surface area contributed by atoms with Gasteiger partial charge in [-0.05, 0) is 42.7 Å². The molecule has 0 saturated carbocycles. The van der Waals surface area contributed by atoms with Crippen LogP contribution in [0.4, 0.5) is 13.2 Å². The molecule has 1 heterocycles. The summed E-state index contributed by atoms with van der Waals surface area (Å²) in [6.07, 6.45) is -3.71. The largest absolute Gasteiger partial charge is 0.416 e. The van der Waals surface area contributed by atoms with Gasteiger partial charge in [0, 0.05) is 25.2 Å². The van der Waals surface area contributed by atoms with E-state index in [0.29, 0.717) is 13.1 Å². The van der Waals surface area contributed by atoms with Gasteiger partial charge >= 0.3 is 6.18 Å². The van der Waals surface area contributed by atoms with Crippen LogP contribution in [0.2, 0.25) is 0 Å². The van der Waals surface area contributed by atoms with Crippen LogP contribution in [0.25, 0.3) is 0 Å². The van der Waals surface area contributed by atoms with E-state index in [0.717, 1.165) is 31.4 Å². The van der Waals surface area contributed by atoms with Gasteiger partial charge in [-0.1, -0.05) is 30.7 Å². The fraction of sp³-hybridized carbons (Fsp3) is 0.381. The van der Waals surface area contributed by atoms with E-state index in [2.05, 4.69) is 5.32 Å². The van der Waals surface area contributed by atoms with E-state index in [4.69, 9.17) is 0 Å². The molecule has 1 atom stereocenters. The van der Waals surface area contributed by atoms with Crippen molar-refractivity contribution in [2.75, 3.05) is 19.6 Å². The van der Waals surface area contributed by atoms with E-state index >= 15 is 0 Å². The first-order chi connectivity index (χ1) is 14.6. The number of nitrogens with zero attached hydrogens (tertiary/aromatic N) is 1. The van der Waals surface area contributed by atoms with Gasteiger partial charge in [0.2, 0.25) is 10.0 Å². The second-order valence-corrected chi connectivity index (χ2v) is 9.24. The van der Waals surface area contributed by atoms with Crippen LogP contribution in [-0.2, 0) is 16.2 Å².